The smallest absolute Gasteiger partial charge is 0.260 e. The van der Waals surface area contributed by atoms with E-state index in [2.05, 4.69) is 29.6 Å². The monoisotopic (exact) mass is 287 g/mol. The lowest BCUT2D eigenvalue weighted by molar-refractivity contribution is -0.126. The number of ether oxygens (including phenoxy) is 1. The molecule has 0 aromatic heterocycles. The van der Waals surface area contributed by atoms with E-state index in [4.69, 9.17) is 9.57 Å². The molecule has 0 spiro atoms. The second kappa shape index (κ2) is 12.4. The van der Waals surface area contributed by atoms with Crippen LogP contribution >= 0.6 is 0 Å². The van der Waals surface area contributed by atoms with Crippen molar-refractivity contribution in [3.05, 3.63) is 0 Å². The van der Waals surface area contributed by atoms with Crippen molar-refractivity contribution in [1.82, 2.24) is 10.6 Å². The van der Waals surface area contributed by atoms with Gasteiger partial charge in [0.2, 0.25) is 5.91 Å². The lowest BCUT2D eigenvalue weighted by Crippen LogP contribution is -2.30. The fourth-order valence-corrected chi connectivity index (χ4v) is 1.09. The Bertz CT molecular complexity index is 308. The predicted octanol–water partition coefficient (Wildman–Crippen LogP) is 0.304. The van der Waals surface area contributed by atoms with Gasteiger partial charge in [-0.05, 0) is 5.92 Å². The van der Waals surface area contributed by atoms with Crippen LogP contribution in [0.1, 0.15) is 27.2 Å². The minimum absolute atomic E-state index is 0.147. The molecule has 0 saturated heterocycles. The number of hydrogen-bond donors (Lipinski definition) is 2. The Morgan fingerprint density at radius 2 is 2.10 bits per heavy atom. The van der Waals surface area contributed by atoms with Crippen molar-refractivity contribution in [3.63, 3.8) is 0 Å². The molecule has 0 fully saturated rings. The highest BCUT2D eigenvalue weighted by molar-refractivity contribution is 5.77. The van der Waals surface area contributed by atoms with Crippen molar-refractivity contribution < 1.29 is 19.2 Å². The lowest BCUT2D eigenvalue weighted by atomic mass is 10.1. The minimum atomic E-state index is -0.256. The van der Waals surface area contributed by atoms with Crippen molar-refractivity contribution in [1.29, 1.82) is 0 Å². The van der Waals surface area contributed by atoms with E-state index in [0.29, 0.717) is 25.7 Å². The van der Waals surface area contributed by atoms with Crippen LogP contribution in [0.15, 0.2) is 5.16 Å². The fraction of sp³-hybridized carbons (Fsp3) is 0.769. The number of rotatable bonds is 11. The normalized spacial score (nSPS) is 12.2. The molecule has 0 aromatic rings. The molecule has 0 heterocycles. The second-order valence-corrected chi connectivity index (χ2v) is 4.44. The number of carbonyl (C=O) groups is 2. The molecule has 2 amide bonds. The summed E-state index contributed by atoms with van der Waals surface area (Å²) in [5.74, 6) is 0.132. The highest BCUT2D eigenvalue weighted by atomic mass is 16.6. The summed E-state index contributed by atoms with van der Waals surface area (Å²) in [6.45, 7) is 7.41. The van der Waals surface area contributed by atoms with Crippen molar-refractivity contribution in [2.45, 2.75) is 27.2 Å². The molecule has 0 aliphatic heterocycles. The highest BCUT2D eigenvalue weighted by Crippen LogP contribution is 1.99. The first-order chi connectivity index (χ1) is 9.56. The van der Waals surface area contributed by atoms with Gasteiger partial charge in [0, 0.05) is 20.1 Å². The molecule has 0 radical (unpaired) electrons. The first-order valence-electron chi connectivity index (χ1n) is 6.78. The Balaban J connectivity index is 3.39. The number of amides is 2. The molecule has 0 bridgehead atoms. The van der Waals surface area contributed by atoms with E-state index in [1.54, 1.807) is 0 Å². The highest BCUT2D eigenvalue weighted by Gasteiger charge is 2.01. The number of hydrogen-bond acceptors (Lipinski definition) is 5. The maximum absolute atomic E-state index is 11.3. The van der Waals surface area contributed by atoms with Crippen molar-refractivity contribution in [2.24, 2.45) is 11.1 Å². The zero-order valence-electron chi connectivity index (χ0n) is 12.5. The second-order valence-electron chi connectivity index (χ2n) is 4.44. The van der Waals surface area contributed by atoms with E-state index in [1.807, 2.05) is 0 Å². The summed E-state index contributed by atoms with van der Waals surface area (Å²) in [6.07, 6.45) is 2.46. The van der Waals surface area contributed by atoms with Crippen LogP contribution in [0.25, 0.3) is 0 Å². The molecule has 1 unspecified atom stereocenters. The predicted molar refractivity (Wildman–Crippen MR) is 76.4 cm³/mol. The van der Waals surface area contributed by atoms with Crippen LogP contribution < -0.4 is 10.6 Å². The maximum atomic E-state index is 11.3. The molecule has 1 atom stereocenters. The molecule has 0 saturated carbocycles. The van der Waals surface area contributed by atoms with Crippen molar-refractivity contribution in [2.75, 3.05) is 32.9 Å². The number of nitrogens with zero attached hydrogens (tertiary/aromatic N) is 1. The third-order valence-corrected chi connectivity index (χ3v) is 2.45. The van der Waals surface area contributed by atoms with Crippen LogP contribution in [0.5, 0.6) is 0 Å². The van der Waals surface area contributed by atoms with Gasteiger partial charge in [-0.15, -0.1) is 0 Å². The Hall–Kier alpha value is -1.63. The van der Waals surface area contributed by atoms with E-state index in [0.717, 1.165) is 6.42 Å². The molecule has 2 N–H and O–H groups in total. The van der Waals surface area contributed by atoms with E-state index in [-0.39, 0.29) is 25.0 Å². The van der Waals surface area contributed by atoms with Gasteiger partial charge in [0.15, 0.2) is 6.61 Å². The van der Waals surface area contributed by atoms with Gasteiger partial charge in [-0.1, -0.05) is 25.4 Å². The summed E-state index contributed by atoms with van der Waals surface area (Å²) < 4.78 is 5.39. The third-order valence-electron chi connectivity index (χ3n) is 2.45. The zero-order valence-corrected chi connectivity index (χ0v) is 12.5. The fourth-order valence-electron chi connectivity index (χ4n) is 1.09. The van der Waals surface area contributed by atoms with Gasteiger partial charge in [0.1, 0.15) is 0 Å². The molecule has 20 heavy (non-hydrogen) atoms. The summed E-state index contributed by atoms with van der Waals surface area (Å²) in [5, 5.41) is 8.69. The van der Waals surface area contributed by atoms with Gasteiger partial charge in [0.25, 0.3) is 5.91 Å². The Morgan fingerprint density at radius 1 is 1.35 bits per heavy atom. The van der Waals surface area contributed by atoms with Gasteiger partial charge in [-0.25, -0.2) is 0 Å². The number of nitrogens with one attached hydrogen (secondary N) is 2. The lowest BCUT2D eigenvalue weighted by Gasteiger charge is -2.09. The topological polar surface area (TPSA) is 89.0 Å². The van der Waals surface area contributed by atoms with E-state index < -0.39 is 0 Å². The summed E-state index contributed by atoms with van der Waals surface area (Å²) in [6, 6.07) is 0. The van der Waals surface area contributed by atoms with E-state index >= 15 is 0 Å². The minimum Gasteiger partial charge on any atom is -0.386 e. The molecule has 0 aromatic carbocycles. The van der Waals surface area contributed by atoms with Gasteiger partial charge in [-0.3, -0.25) is 9.59 Å². The van der Waals surface area contributed by atoms with Crippen LogP contribution in [0.3, 0.4) is 0 Å². The van der Waals surface area contributed by atoms with Crippen LogP contribution in [0.4, 0.5) is 0 Å². The maximum Gasteiger partial charge on any atom is 0.260 e. The Kier molecular flexibility index (Phi) is 11.4. The molecule has 0 rings (SSSR count). The van der Waals surface area contributed by atoms with E-state index in [1.165, 1.54) is 13.1 Å². The number of oxime groups is 1. The summed E-state index contributed by atoms with van der Waals surface area (Å²) >= 11 is 0. The van der Waals surface area contributed by atoms with Crippen LogP contribution in [-0.4, -0.2) is 50.9 Å². The van der Waals surface area contributed by atoms with Gasteiger partial charge >= 0.3 is 0 Å². The van der Waals surface area contributed by atoms with Crippen LogP contribution in [0, 0.1) is 5.92 Å². The first-order valence-corrected chi connectivity index (χ1v) is 6.78. The molecular formula is C13H25N3O4. The summed E-state index contributed by atoms with van der Waals surface area (Å²) in [5.41, 5.74) is 0. The first kappa shape index (κ1) is 18.4. The van der Waals surface area contributed by atoms with E-state index in [9.17, 15) is 9.59 Å². The van der Waals surface area contributed by atoms with Gasteiger partial charge in [0.05, 0.1) is 19.4 Å². The molecular weight excluding hydrogens is 262 g/mol. The third kappa shape index (κ3) is 12.8. The molecule has 116 valence electrons. The summed E-state index contributed by atoms with van der Waals surface area (Å²) in [7, 11) is 0. The number of carbonyl (C=O) groups excluding carboxylic acids is 2. The average Bonchev–Trinajstić information content (AvgIpc) is 2.41. The van der Waals surface area contributed by atoms with Crippen molar-refractivity contribution in [3.8, 4) is 0 Å². The SMILES string of the molecule is CCC(C)COCCNC(=O)CO/N=C/CNC(C)=O. The van der Waals surface area contributed by atoms with Gasteiger partial charge < -0.3 is 20.2 Å². The summed E-state index contributed by atoms with van der Waals surface area (Å²) in [4.78, 5) is 26.6. The largest absolute Gasteiger partial charge is 0.386 e. The van der Waals surface area contributed by atoms with Gasteiger partial charge in [-0.2, -0.15) is 0 Å². The van der Waals surface area contributed by atoms with Crippen LogP contribution in [-0.2, 0) is 19.2 Å². The molecule has 7 nitrogen and oxygen atoms in total. The molecule has 0 aliphatic carbocycles. The van der Waals surface area contributed by atoms with Crippen molar-refractivity contribution >= 4 is 18.0 Å². The zero-order chi connectivity index (χ0) is 15.2. The standard InChI is InChI=1S/C13H25N3O4/c1-4-11(2)9-19-8-7-15-13(18)10-20-16-6-5-14-12(3)17/h6,11H,4-5,7-10H2,1-3H3,(H,14,17)(H,15,18)/b16-6+. The quantitative estimate of drug-likeness (QED) is 0.325. The van der Waals surface area contributed by atoms with Crippen LogP contribution in [0.2, 0.25) is 0 Å². The molecule has 0 aliphatic rings. The molecule has 7 heteroatoms. The average molecular weight is 287 g/mol. The Labute approximate surface area is 120 Å². The Morgan fingerprint density at radius 3 is 2.75 bits per heavy atom.